The van der Waals surface area contributed by atoms with Gasteiger partial charge in [-0.1, -0.05) is 24.6 Å². The van der Waals surface area contributed by atoms with Gasteiger partial charge in [-0.2, -0.15) is 0 Å². The number of ether oxygens (including phenoxy) is 1. The van der Waals surface area contributed by atoms with Crippen molar-refractivity contribution in [1.29, 1.82) is 0 Å². The molecule has 1 spiro atoms. The summed E-state index contributed by atoms with van der Waals surface area (Å²) in [6.45, 7) is 5.42. The van der Waals surface area contributed by atoms with Crippen LogP contribution in [0, 0.1) is 6.92 Å². The fraction of sp³-hybridized carbons (Fsp3) is 0.375. The molecule has 2 aliphatic rings. The van der Waals surface area contributed by atoms with Crippen LogP contribution in [0.15, 0.2) is 58.5 Å². The molecule has 1 N–H and O–H groups in total. The monoisotopic (exact) mass is 436 g/mol. The summed E-state index contributed by atoms with van der Waals surface area (Å²) in [5.74, 6) is 1.77. The molecule has 0 saturated carbocycles. The van der Waals surface area contributed by atoms with Crippen LogP contribution < -0.4 is 10.1 Å². The van der Waals surface area contributed by atoms with Crippen LogP contribution in [-0.2, 0) is 0 Å². The zero-order chi connectivity index (χ0) is 21.8. The van der Waals surface area contributed by atoms with Gasteiger partial charge in [-0.25, -0.2) is 9.79 Å². The number of urea groups is 1. The van der Waals surface area contributed by atoms with Crippen LogP contribution in [0.25, 0.3) is 0 Å². The molecule has 2 aromatic rings. The van der Waals surface area contributed by atoms with E-state index in [2.05, 4.69) is 12.2 Å². The molecule has 1 fully saturated rings. The number of methoxy groups -OCH3 is 1. The summed E-state index contributed by atoms with van der Waals surface area (Å²) in [4.78, 5) is 24.7. The summed E-state index contributed by atoms with van der Waals surface area (Å²) in [5, 5.41) is 3.98. The van der Waals surface area contributed by atoms with Crippen LogP contribution in [0.2, 0.25) is 0 Å². The van der Waals surface area contributed by atoms with E-state index in [0.717, 1.165) is 46.4 Å². The Balaban J connectivity index is 1.46. The first-order valence-electron chi connectivity index (χ1n) is 10.6. The molecule has 2 aliphatic heterocycles. The molecule has 2 heterocycles. The van der Waals surface area contributed by atoms with E-state index in [0.29, 0.717) is 13.1 Å². The molecule has 2 aromatic carbocycles. The van der Waals surface area contributed by atoms with Gasteiger partial charge in [-0.3, -0.25) is 4.99 Å². The van der Waals surface area contributed by atoms with E-state index in [9.17, 15) is 4.79 Å². The fourth-order valence-electron chi connectivity index (χ4n) is 3.83. The van der Waals surface area contributed by atoms with Gasteiger partial charge >= 0.3 is 6.03 Å². The number of hydrogen-bond donors (Lipinski definition) is 1. The van der Waals surface area contributed by atoms with Gasteiger partial charge in [0.2, 0.25) is 0 Å². The van der Waals surface area contributed by atoms with Gasteiger partial charge in [0.25, 0.3) is 0 Å². The lowest BCUT2D eigenvalue weighted by Crippen LogP contribution is -2.46. The fourth-order valence-corrected chi connectivity index (χ4v) is 4.64. The van der Waals surface area contributed by atoms with E-state index in [1.165, 1.54) is 5.56 Å². The van der Waals surface area contributed by atoms with Crippen molar-refractivity contribution < 1.29 is 9.53 Å². The number of benzene rings is 2. The van der Waals surface area contributed by atoms with E-state index < -0.39 is 5.66 Å². The molecule has 2 amide bonds. The van der Waals surface area contributed by atoms with Crippen molar-refractivity contribution in [3.05, 3.63) is 59.7 Å². The lowest BCUT2D eigenvalue weighted by molar-refractivity contribution is 0.175. The van der Waals surface area contributed by atoms with E-state index in [1.807, 2.05) is 60.4 Å². The predicted octanol–water partition coefficient (Wildman–Crippen LogP) is 4.98. The van der Waals surface area contributed by atoms with Gasteiger partial charge in [0.15, 0.2) is 5.66 Å². The molecule has 4 rings (SSSR count). The Labute approximate surface area is 187 Å². The molecular formula is C24H28N4O2S. The molecule has 0 atom stereocenters. The van der Waals surface area contributed by atoms with Gasteiger partial charge in [-0.05, 0) is 49.1 Å². The Bertz CT molecular complexity index is 991. The highest BCUT2D eigenvalue weighted by molar-refractivity contribution is 8.15. The lowest BCUT2D eigenvalue weighted by Gasteiger charge is -2.35. The highest BCUT2D eigenvalue weighted by Crippen LogP contribution is 2.36. The minimum absolute atomic E-state index is 0.0665. The van der Waals surface area contributed by atoms with Crippen LogP contribution in [0.4, 0.5) is 10.5 Å². The predicted molar refractivity (Wildman–Crippen MR) is 129 cm³/mol. The molecule has 7 heteroatoms. The maximum absolute atomic E-state index is 12.7. The van der Waals surface area contributed by atoms with E-state index >= 15 is 0 Å². The summed E-state index contributed by atoms with van der Waals surface area (Å²) in [6, 6.07) is 15.8. The van der Waals surface area contributed by atoms with E-state index in [-0.39, 0.29) is 6.03 Å². The zero-order valence-corrected chi connectivity index (χ0v) is 19.0. The summed E-state index contributed by atoms with van der Waals surface area (Å²) in [6.07, 6.45) is 1.45. The number of likely N-dealkylation sites (tertiary alicyclic amines) is 1. The topological polar surface area (TPSA) is 66.3 Å². The second kappa shape index (κ2) is 9.14. The van der Waals surface area contributed by atoms with Crippen LogP contribution in [-0.4, -0.2) is 53.3 Å². The number of nitrogens with one attached hydrogen (secondary N) is 1. The molecule has 0 unspecified atom stereocenters. The third-order valence-corrected chi connectivity index (χ3v) is 6.48. The number of carbonyl (C=O) groups is 1. The van der Waals surface area contributed by atoms with Crippen molar-refractivity contribution in [3.63, 3.8) is 0 Å². The SMILES string of the molecule is CCSC1=NC2(CCN(C(=O)Nc3ccc(C)cc3)CC2)N=C1c1ccc(OC)cc1. The van der Waals surface area contributed by atoms with Crippen LogP contribution in [0.1, 0.15) is 30.9 Å². The molecule has 0 radical (unpaired) electrons. The second-order valence-corrected chi connectivity index (χ2v) is 9.06. The molecule has 6 nitrogen and oxygen atoms in total. The van der Waals surface area contributed by atoms with Crippen molar-refractivity contribution in [3.8, 4) is 5.75 Å². The largest absolute Gasteiger partial charge is 0.497 e. The van der Waals surface area contributed by atoms with Crippen molar-refractivity contribution in [2.45, 2.75) is 32.4 Å². The summed E-state index contributed by atoms with van der Waals surface area (Å²) in [5.41, 5.74) is 3.52. The first kappa shape index (κ1) is 21.4. The molecule has 31 heavy (non-hydrogen) atoms. The van der Waals surface area contributed by atoms with Gasteiger partial charge in [0, 0.05) is 37.2 Å². The van der Waals surface area contributed by atoms with Gasteiger partial charge in [0.05, 0.1) is 12.8 Å². The summed E-state index contributed by atoms with van der Waals surface area (Å²) in [7, 11) is 1.67. The minimum atomic E-state index is -0.465. The van der Waals surface area contributed by atoms with Crippen LogP contribution in [0.3, 0.4) is 0 Å². The first-order valence-corrected chi connectivity index (χ1v) is 11.6. The van der Waals surface area contributed by atoms with Crippen LogP contribution in [0.5, 0.6) is 5.75 Å². The number of nitrogens with zero attached hydrogens (tertiary/aromatic N) is 3. The number of piperidine rings is 1. The number of thioether (sulfide) groups is 1. The molecule has 0 aromatic heterocycles. The highest BCUT2D eigenvalue weighted by Gasteiger charge is 2.40. The number of aliphatic imine (C=N–C) groups is 2. The highest BCUT2D eigenvalue weighted by atomic mass is 32.2. The van der Waals surface area contributed by atoms with Crippen molar-refractivity contribution in [1.82, 2.24) is 4.90 Å². The molecule has 1 saturated heterocycles. The average Bonchev–Trinajstić information content (AvgIpc) is 3.13. The summed E-state index contributed by atoms with van der Waals surface area (Å²) >= 11 is 1.72. The Hall–Kier alpha value is -2.80. The average molecular weight is 437 g/mol. The Morgan fingerprint density at radius 3 is 2.39 bits per heavy atom. The standard InChI is InChI=1S/C24H28N4O2S/c1-4-31-22-21(18-7-11-20(30-3)12-8-18)26-24(27-22)13-15-28(16-14-24)23(29)25-19-9-5-17(2)6-10-19/h5-12H,4,13-16H2,1-3H3,(H,25,29). The molecule has 162 valence electrons. The van der Waals surface area contributed by atoms with E-state index in [1.54, 1.807) is 18.9 Å². The van der Waals surface area contributed by atoms with Crippen molar-refractivity contribution >= 4 is 34.2 Å². The normalized spacial score (nSPS) is 17.3. The third-order valence-electron chi connectivity index (χ3n) is 5.63. The quantitative estimate of drug-likeness (QED) is 0.735. The number of rotatable bonds is 4. The van der Waals surface area contributed by atoms with Crippen LogP contribution >= 0.6 is 11.8 Å². The number of aryl methyl sites for hydroxylation is 1. The first-order chi connectivity index (χ1) is 15.0. The van der Waals surface area contributed by atoms with Gasteiger partial charge in [-0.15, -0.1) is 11.8 Å². The summed E-state index contributed by atoms with van der Waals surface area (Å²) < 4.78 is 5.28. The van der Waals surface area contributed by atoms with Crippen molar-refractivity contribution in [2.75, 3.05) is 31.3 Å². The minimum Gasteiger partial charge on any atom is -0.497 e. The Morgan fingerprint density at radius 1 is 1.10 bits per heavy atom. The van der Waals surface area contributed by atoms with Crippen molar-refractivity contribution in [2.24, 2.45) is 9.98 Å². The maximum atomic E-state index is 12.7. The molecular weight excluding hydrogens is 408 g/mol. The van der Waals surface area contributed by atoms with Gasteiger partial charge < -0.3 is 15.0 Å². The smallest absolute Gasteiger partial charge is 0.321 e. The number of hydrogen-bond acceptors (Lipinski definition) is 5. The van der Waals surface area contributed by atoms with Gasteiger partial charge in [0.1, 0.15) is 10.8 Å². The Kier molecular flexibility index (Phi) is 6.32. The number of anilines is 1. The maximum Gasteiger partial charge on any atom is 0.321 e. The third kappa shape index (κ3) is 4.77. The molecule has 0 bridgehead atoms. The second-order valence-electron chi connectivity index (χ2n) is 7.80. The number of amides is 2. The van der Waals surface area contributed by atoms with E-state index in [4.69, 9.17) is 14.7 Å². The lowest BCUT2D eigenvalue weighted by atomic mass is 9.98. The zero-order valence-electron chi connectivity index (χ0n) is 18.2. The Morgan fingerprint density at radius 2 is 1.77 bits per heavy atom. The molecule has 0 aliphatic carbocycles. The number of carbonyl (C=O) groups excluding carboxylic acids is 1.